The van der Waals surface area contributed by atoms with Crippen LogP contribution in [0.4, 0.5) is 0 Å². The molecule has 0 aliphatic rings. The summed E-state index contributed by atoms with van der Waals surface area (Å²) < 4.78 is 5.21. The fraction of sp³-hybridized carbons (Fsp3) is 0.524. The smallest absolute Gasteiger partial charge is 0.118 e. The van der Waals surface area contributed by atoms with Gasteiger partial charge in [-0.05, 0) is 69.6 Å². The predicted molar refractivity (Wildman–Crippen MR) is 97.4 cm³/mol. The number of methoxy groups -OCH3 is 1. The van der Waals surface area contributed by atoms with Crippen molar-refractivity contribution in [3.05, 3.63) is 53.1 Å². The van der Waals surface area contributed by atoms with Crippen LogP contribution in [0.3, 0.4) is 0 Å². The van der Waals surface area contributed by atoms with Crippen molar-refractivity contribution in [2.75, 3.05) is 7.11 Å². The fourth-order valence-electron chi connectivity index (χ4n) is 2.60. The van der Waals surface area contributed by atoms with E-state index in [1.54, 1.807) is 7.11 Å². The topological polar surface area (TPSA) is 9.23 Å². The highest BCUT2D eigenvalue weighted by Crippen LogP contribution is 2.22. The van der Waals surface area contributed by atoms with E-state index in [0.29, 0.717) is 11.8 Å². The van der Waals surface area contributed by atoms with Gasteiger partial charge in [-0.1, -0.05) is 49.3 Å². The number of hydrogen-bond donors (Lipinski definition) is 0. The van der Waals surface area contributed by atoms with Gasteiger partial charge in [0.2, 0.25) is 0 Å². The van der Waals surface area contributed by atoms with Gasteiger partial charge in [0.15, 0.2) is 0 Å². The second-order valence-corrected chi connectivity index (χ2v) is 6.72. The van der Waals surface area contributed by atoms with Gasteiger partial charge in [-0.15, -0.1) is 0 Å². The molecular formula is C21H32O. The van der Waals surface area contributed by atoms with Crippen molar-refractivity contribution in [2.45, 2.75) is 53.9 Å². The molecule has 2 unspecified atom stereocenters. The van der Waals surface area contributed by atoms with Crippen molar-refractivity contribution < 1.29 is 4.74 Å². The summed E-state index contributed by atoms with van der Waals surface area (Å²) in [7, 11) is 1.71. The van der Waals surface area contributed by atoms with Crippen molar-refractivity contribution >= 4 is 0 Å². The Hall–Kier alpha value is -1.50. The highest BCUT2D eigenvalue weighted by molar-refractivity contribution is 5.27. The lowest BCUT2D eigenvalue weighted by atomic mass is 9.88. The zero-order chi connectivity index (χ0) is 16.5. The number of allylic oxidation sites excluding steroid dienone is 4. The second-order valence-electron chi connectivity index (χ2n) is 6.72. The number of benzene rings is 1. The van der Waals surface area contributed by atoms with Gasteiger partial charge < -0.3 is 4.74 Å². The highest BCUT2D eigenvalue weighted by Gasteiger charge is 2.11. The maximum atomic E-state index is 5.21. The summed E-state index contributed by atoms with van der Waals surface area (Å²) in [6.45, 7) is 11.3. The molecule has 0 radical (unpaired) electrons. The van der Waals surface area contributed by atoms with E-state index in [2.05, 4.69) is 58.9 Å². The average molecular weight is 300 g/mol. The first kappa shape index (κ1) is 18.5. The molecule has 1 heteroatoms. The number of hydrogen-bond acceptors (Lipinski definition) is 1. The second kappa shape index (κ2) is 9.50. The lowest BCUT2D eigenvalue weighted by molar-refractivity contribution is 0.414. The van der Waals surface area contributed by atoms with Crippen LogP contribution < -0.4 is 4.74 Å². The minimum absolute atomic E-state index is 0.605. The average Bonchev–Trinajstić information content (AvgIpc) is 2.47. The molecule has 1 aromatic carbocycles. The van der Waals surface area contributed by atoms with E-state index in [9.17, 15) is 0 Å². The summed E-state index contributed by atoms with van der Waals surface area (Å²) in [5.41, 5.74) is 4.30. The Kier molecular flexibility index (Phi) is 8.01. The van der Waals surface area contributed by atoms with Crippen LogP contribution in [-0.4, -0.2) is 7.11 Å². The number of ether oxygens (including phenoxy) is 1. The normalized spacial score (nSPS) is 14.4. The third-order valence-corrected chi connectivity index (χ3v) is 4.25. The molecule has 122 valence electrons. The van der Waals surface area contributed by atoms with Crippen molar-refractivity contribution in [3.63, 3.8) is 0 Å². The van der Waals surface area contributed by atoms with E-state index < -0.39 is 0 Å². The molecular weight excluding hydrogens is 268 g/mol. The first-order valence-corrected chi connectivity index (χ1v) is 8.36. The molecule has 0 bridgehead atoms. The molecule has 2 atom stereocenters. The van der Waals surface area contributed by atoms with Gasteiger partial charge in [0.1, 0.15) is 5.75 Å². The van der Waals surface area contributed by atoms with Crippen LogP contribution in [0.2, 0.25) is 0 Å². The lowest BCUT2D eigenvalue weighted by Gasteiger charge is -2.18. The first-order chi connectivity index (χ1) is 10.4. The minimum Gasteiger partial charge on any atom is -0.497 e. The van der Waals surface area contributed by atoms with E-state index in [4.69, 9.17) is 4.74 Å². The van der Waals surface area contributed by atoms with Crippen LogP contribution in [-0.2, 0) is 6.42 Å². The summed E-state index contributed by atoms with van der Waals surface area (Å²) in [4.78, 5) is 0. The van der Waals surface area contributed by atoms with Gasteiger partial charge in [0.25, 0.3) is 0 Å². The third-order valence-electron chi connectivity index (χ3n) is 4.25. The first-order valence-electron chi connectivity index (χ1n) is 8.36. The van der Waals surface area contributed by atoms with E-state index in [1.807, 2.05) is 12.1 Å². The number of rotatable bonds is 8. The molecule has 0 aliphatic carbocycles. The summed E-state index contributed by atoms with van der Waals surface area (Å²) in [5, 5.41) is 0. The molecule has 1 aromatic rings. The monoisotopic (exact) mass is 300 g/mol. The van der Waals surface area contributed by atoms with Crippen LogP contribution in [0, 0.1) is 11.8 Å². The Morgan fingerprint density at radius 1 is 1.09 bits per heavy atom. The molecule has 0 aliphatic heterocycles. The third kappa shape index (κ3) is 6.98. The van der Waals surface area contributed by atoms with Crippen LogP contribution in [0.15, 0.2) is 47.6 Å². The summed E-state index contributed by atoms with van der Waals surface area (Å²) in [6.07, 6.45) is 8.22. The van der Waals surface area contributed by atoms with Gasteiger partial charge in [-0.2, -0.15) is 0 Å². The van der Waals surface area contributed by atoms with Gasteiger partial charge >= 0.3 is 0 Å². The standard InChI is InChI=1S/C21H32O/c1-16(2)8-7-9-17(3)14-18(4)19(5)15-20-10-12-21(22-6)13-11-20/h8,10-14,18-19H,7,9,15H2,1-6H3/b17-14+. The maximum absolute atomic E-state index is 5.21. The van der Waals surface area contributed by atoms with Crippen LogP contribution in [0.25, 0.3) is 0 Å². The van der Waals surface area contributed by atoms with E-state index in [-0.39, 0.29) is 0 Å². The fourth-order valence-corrected chi connectivity index (χ4v) is 2.60. The molecule has 1 nitrogen and oxygen atoms in total. The van der Waals surface area contributed by atoms with Gasteiger partial charge in [0.05, 0.1) is 7.11 Å². The molecule has 0 N–H and O–H groups in total. The Morgan fingerprint density at radius 3 is 2.27 bits per heavy atom. The summed E-state index contributed by atoms with van der Waals surface area (Å²) >= 11 is 0. The molecule has 0 saturated heterocycles. The summed E-state index contributed by atoms with van der Waals surface area (Å²) in [5.74, 6) is 2.18. The van der Waals surface area contributed by atoms with Gasteiger partial charge in [0, 0.05) is 0 Å². The van der Waals surface area contributed by atoms with Crippen LogP contribution >= 0.6 is 0 Å². The molecule has 0 aromatic heterocycles. The quantitative estimate of drug-likeness (QED) is 0.519. The van der Waals surface area contributed by atoms with Gasteiger partial charge in [-0.3, -0.25) is 0 Å². The SMILES string of the molecule is COc1ccc(CC(C)C(C)/C=C(\C)CCC=C(C)C)cc1. The lowest BCUT2D eigenvalue weighted by Crippen LogP contribution is -2.09. The largest absolute Gasteiger partial charge is 0.497 e. The Labute approximate surface area is 137 Å². The maximum Gasteiger partial charge on any atom is 0.118 e. The molecule has 0 spiro atoms. The van der Waals surface area contributed by atoms with Gasteiger partial charge in [-0.25, -0.2) is 0 Å². The van der Waals surface area contributed by atoms with Crippen molar-refractivity contribution in [1.29, 1.82) is 0 Å². The van der Waals surface area contributed by atoms with Crippen molar-refractivity contribution in [2.24, 2.45) is 11.8 Å². The Balaban J connectivity index is 2.52. The molecule has 22 heavy (non-hydrogen) atoms. The van der Waals surface area contributed by atoms with Crippen molar-refractivity contribution in [1.82, 2.24) is 0 Å². The van der Waals surface area contributed by atoms with Crippen LogP contribution in [0.1, 0.15) is 53.0 Å². The van der Waals surface area contributed by atoms with E-state index >= 15 is 0 Å². The Morgan fingerprint density at radius 2 is 1.73 bits per heavy atom. The minimum atomic E-state index is 0.605. The molecule has 0 amide bonds. The molecule has 0 heterocycles. The molecule has 1 rings (SSSR count). The zero-order valence-electron chi connectivity index (χ0n) is 15.1. The van der Waals surface area contributed by atoms with E-state index in [0.717, 1.165) is 18.6 Å². The molecule has 0 saturated carbocycles. The zero-order valence-corrected chi connectivity index (χ0v) is 15.1. The van der Waals surface area contributed by atoms with Crippen molar-refractivity contribution in [3.8, 4) is 5.75 Å². The Bertz CT molecular complexity index is 489. The van der Waals surface area contributed by atoms with E-state index in [1.165, 1.54) is 23.1 Å². The van der Waals surface area contributed by atoms with Crippen LogP contribution in [0.5, 0.6) is 5.75 Å². The molecule has 0 fully saturated rings. The summed E-state index contributed by atoms with van der Waals surface area (Å²) in [6, 6.07) is 8.45. The predicted octanol–water partition coefficient (Wildman–Crippen LogP) is 6.20. The highest BCUT2D eigenvalue weighted by atomic mass is 16.5.